The summed E-state index contributed by atoms with van der Waals surface area (Å²) in [6, 6.07) is 6.32. The van der Waals surface area contributed by atoms with Crippen LogP contribution in [0.4, 0.5) is 4.79 Å². The number of para-hydroxylation sites is 1. The van der Waals surface area contributed by atoms with Crippen LogP contribution >= 0.6 is 0 Å². The van der Waals surface area contributed by atoms with Gasteiger partial charge in [0.05, 0.1) is 0 Å². The van der Waals surface area contributed by atoms with Crippen LogP contribution in [-0.4, -0.2) is 35.3 Å². The van der Waals surface area contributed by atoms with Gasteiger partial charge in [-0.05, 0) is 44.7 Å². The topological polar surface area (TPSA) is 87.7 Å². The summed E-state index contributed by atoms with van der Waals surface area (Å²) in [5.41, 5.74) is 0.145. The van der Waals surface area contributed by atoms with E-state index in [1.165, 1.54) is 0 Å². The van der Waals surface area contributed by atoms with Gasteiger partial charge in [-0.25, -0.2) is 4.79 Å². The van der Waals surface area contributed by atoms with Gasteiger partial charge in [-0.15, -0.1) is 0 Å². The molecule has 1 atom stereocenters. The maximum absolute atomic E-state index is 12.3. The van der Waals surface area contributed by atoms with Crippen molar-refractivity contribution in [2.45, 2.75) is 52.7 Å². The van der Waals surface area contributed by atoms with Gasteiger partial charge in [0, 0.05) is 6.54 Å². The molecule has 0 bridgehead atoms. The largest absolute Gasteiger partial charge is 0.508 e. The number of benzene rings is 1. The summed E-state index contributed by atoms with van der Waals surface area (Å²) in [7, 11) is 0. The minimum Gasteiger partial charge on any atom is -0.508 e. The van der Waals surface area contributed by atoms with Crippen LogP contribution in [0.5, 0.6) is 5.75 Å². The van der Waals surface area contributed by atoms with E-state index in [-0.39, 0.29) is 17.6 Å². The van der Waals surface area contributed by atoms with Crippen LogP contribution in [0.2, 0.25) is 0 Å². The van der Waals surface area contributed by atoms with E-state index in [1.54, 1.807) is 39.0 Å². The van der Waals surface area contributed by atoms with Crippen LogP contribution < -0.4 is 10.6 Å². The Morgan fingerprint density at radius 1 is 1.21 bits per heavy atom. The van der Waals surface area contributed by atoms with Crippen molar-refractivity contribution < 1.29 is 19.4 Å². The number of aromatic hydroxyl groups is 1. The number of ether oxygens (including phenoxy) is 1. The van der Waals surface area contributed by atoms with Crippen molar-refractivity contribution in [3.05, 3.63) is 29.8 Å². The molecule has 0 heterocycles. The van der Waals surface area contributed by atoms with Crippen LogP contribution in [0, 0.1) is 5.92 Å². The van der Waals surface area contributed by atoms with Gasteiger partial charge in [-0.2, -0.15) is 0 Å². The maximum Gasteiger partial charge on any atom is 0.408 e. The number of alkyl carbamates (subject to hydrolysis) is 1. The molecule has 0 fully saturated rings. The van der Waals surface area contributed by atoms with Crippen molar-refractivity contribution in [3.8, 4) is 5.75 Å². The highest BCUT2D eigenvalue weighted by Crippen LogP contribution is 2.15. The molecule has 0 saturated carbocycles. The monoisotopic (exact) mass is 336 g/mol. The molecule has 0 radical (unpaired) electrons. The number of hydrogen-bond acceptors (Lipinski definition) is 4. The third-order valence-electron chi connectivity index (χ3n) is 3.31. The Balaban J connectivity index is 2.55. The molecule has 0 aliphatic heterocycles. The zero-order valence-electron chi connectivity index (χ0n) is 15.1. The Hall–Kier alpha value is -2.24. The third-order valence-corrected chi connectivity index (χ3v) is 3.31. The molecular weight excluding hydrogens is 308 g/mol. The second-order valence-corrected chi connectivity index (χ2v) is 7.04. The first-order chi connectivity index (χ1) is 11.1. The Kier molecular flexibility index (Phi) is 7.07. The first kappa shape index (κ1) is 19.8. The number of carbonyl (C=O) groups is 2. The lowest BCUT2D eigenvalue weighted by atomic mass is 10.0. The average molecular weight is 336 g/mol. The van der Waals surface area contributed by atoms with Gasteiger partial charge in [-0.1, -0.05) is 32.0 Å². The fraction of sp³-hybridized carbons (Fsp3) is 0.556. The molecule has 0 saturated heterocycles. The van der Waals surface area contributed by atoms with Crippen molar-refractivity contribution in [3.63, 3.8) is 0 Å². The van der Waals surface area contributed by atoms with E-state index in [1.807, 2.05) is 19.9 Å². The van der Waals surface area contributed by atoms with Crippen LogP contribution in [-0.2, 0) is 16.0 Å². The molecule has 6 heteroatoms. The maximum atomic E-state index is 12.3. The Labute approximate surface area is 143 Å². The van der Waals surface area contributed by atoms with E-state index in [9.17, 15) is 14.7 Å². The molecule has 1 aromatic rings. The van der Waals surface area contributed by atoms with Crippen molar-refractivity contribution in [2.24, 2.45) is 5.92 Å². The summed E-state index contributed by atoms with van der Waals surface area (Å²) in [6.45, 7) is 9.38. The van der Waals surface area contributed by atoms with Gasteiger partial charge in [0.1, 0.15) is 17.4 Å². The molecule has 3 N–H and O–H groups in total. The molecule has 1 rings (SSSR count). The fourth-order valence-electron chi connectivity index (χ4n) is 2.12. The highest BCUT2D eigenvalue weighted by molar-refractivity contribution is 5.85. The van der Waals surface area contributed by atoms with Crippen LogP contribution in [0.25, 0.3) is 0 Å². The highest BCUT2D eigenvalue weighted by atomic mass is 16.6. The predicted octanol–water partition coefficient (Wildman–Crippen LogP) is 2.60. The summed E-state index contributed by atoms with van der Waals surface area (Å²) < 4.78 is 5.19. The fourth-order valence-corrected chi connectivity index (χ4v) is 2.12. The minimum absolute atomic E-state index is 0.0809. The molecule has 0 spiro atoms. The number of phenols is 1. The number of nitrogens with one attached hydrogen (secondary N) is 2. The van der Waals surface area contributed by atoms with Crippen molar-refractivity contribution in [2.75, 3.05) is 6.54 Å². The first-order valence-electron chi connectivity index (χ1n) is 8.14. The number of phenolic OH excluding ortho intramolecular Hbond substituents is 1. The summed E-state index contributed by atoms with van der Waals surface area (Å²) in [5.74, 6) is -0.145. The van der Waals surface area contributed by atoms with E-state index in [2.05, 4.69) is 10.6 Å². The number of rotatable bonds is 6. The molecule has 6 nitrogen and oxygen atoms in total. The van der Waals surface area contributed by atoms with Gasteiger partial charge in [0.25, 0.3) is 0 Å². The van der Waals surface area contributed by atoms with Gasteiger partial charge in [0.15, 0.2) is 0 Å². The average Bonchev–Trinajstić information content (AvgIpc) is 2.44. The summed E-state index contributed by atoms with van der Waals surface area (Å²) in [6.07, 6.45) is -0.104. The Morgan fingerprint density at radius 3 is 2.38 bits per heavy atom. The normalized spacial score (nSPS) is 12.6. The van der Waals surface area contributed by atoms with Gasteiger partial charge in [-0.3, -0.25) is 4.79 Å². The van der Waals surface area contributed by atoms with Crippen LogP contribution in [0.1, 0.15) is 40.2 Å². The zero-order valence-corrected chi connectivity index (χ0v) is 15.1. The van der Waals surface area contributed by atoms with Gasteiger partial charge in [0.2, 0.25) is 5.91 Å². The van der Waals surface area contributed by atoms with Crippen molar-refractivity contribution >= 4 is 12.0 Å². The minimum atomic E-state index is -0.677. The Morgan fingerprint density at radius 2 is 1.83 bits per heavy atom. The van der Waals surface area contributed by atoms with Crippen molar-refractivity contribution in [1.29, 1.82) is 0 Å². The lowest BCUT2D eigenvalue weighted by molar-refractivity contribution is -0.124. The standard InChI is InChI=1S/C18H28N2O4/c1-12(2)15(20-17(23)24-18(3,4)5)16(22)19-11-10-13-8-6-7-9-14(13)21/h6-9,12,15,21H,10-11H2,1-5H3,(H,19,22)(H,20,23). The van der Waals surface area contributed by atoms with E-state index in [0.717, 1.165) is 5.56 Å². The smallest absolute Gasteiger partial charge is 0.408 e. The van der Waals surface area contributed by atoms with Crippen molar-refractivity contribution in [1.82, 2.24) is 10.6 Å². The summed E-state index contributed by atoms with van der Waals surface area (Å²) in [4.78, 5) is 24.2. The molecule has 134 valence electrons. The van der Waals surface area contributed by atoms with Gasteiger partial charge >= 0.3 is 6.09 Å². The summed E-state index contributed by atoms with van der Waals surface area (Å²) in [5, 5.41) is 15.1. The number of hydrogen-bond donors (Lipinski definition) is 3. The Bertz CT molecular complexity index is 564. The van der Waals surface area contributed by atoms with Crippen LogP contribution in [0.3, 0.4) is 0 Å². The molecule has 0 aromatic heterocycles. The van der Waals surface area contributed by atoms with E-state index < -0.39 is 17.7 Å². The second kappa shape index (κ2) is 8.57. The SMILES string of the molecule is CC(C)C(NC(=O)OC(C)(C)C)C(=O)NCCc1ccccc1O. The molecule has 0 aliphatic rings. The molecule has 1 unspecified atom stereocenters. The van der Waals surface area contributed by atoms with E-state index >= 15 is 0 Å². The quantitative estimate of drug-likeness (QED) is 0.745. The second-order valence-electron chi connectivity index (χ2n) is 7.04. The van der Waals surface area contributed by atoms with Crippen LogP contribution in [0.15, 0.2) is 24.3 Å². The number of amides is 2. The number of carbonyl (C=O) groups excluding carboxylic acids is 2. The lowest BCUT2D eigenvalue weighted by Gasteiger charge is -2.25. The summed E-state index contributed by atoms with van der Waals surface area (Å²) >= 11 is 0. The van der Waals surface area contributed by atoms with E-state index in [0.29, 0.717) is 13.0 Å². The molecule has 24 heavy (non-hydrogen) atoms. The third kappa shape index (κ3) is 6.89. The van der Waals surface area contributed by atoms with E-state index in [4.69, 9.17) is 4.74 Å². The van der Waals surface area contributed by atoms with Gasteiger partial charge < -0.3 is 20.5 Å². The highest BCUT2D eigenvalue weighted by Gasteiger charge is 2.26. The predicted molar refractivity (Wildman–Crippen MR) is 92.8 cm³/mol. The first-order valence-corrected chi connectivity index (χ1v) is 8.14. The zero-order chi connectivity index (χ0) is 18.3. The molecular formula is C18H28N2O4. The lowest BCUT2D eigenvalue weighted by Crippen LogP contribution is -2.51. The molecule has 1 aromatic carbocycles. The molecule has 0 aliphatic carbocycles. The molecule has 2 amide bonds.